The molecule has 0 atom stereocenters. The fourth-order valence-corrected chi connectivity index (χ4v) is 8.45. The van der Waals surface area contributed by atoms with Crippen LogP contribution in [0.4, 0.5) is 0 Å². The van der Waals surface area contributed by atoms with Crippen molar-refractivity contribution >= 4 is 103 Å². The van der Waals surface area contributed by atoms with Crippen molar-refractivity contribution in [2.24, 2.45) is 0 Å². The quantitative estimate of drug-likeness (QED) is 0.221. The standard InChI is InChI=1S/C22H4Cl4N4S4/c1-30-14(8-29)16-3-11(13-5-18(24)34-22(13)26)20(32-16)19-10(12-4-17(23)33-21(12)25)2-15(31-19)9(6-27)7-28/h2-5H/b16-14+,20-19+. The highest BCUT2D eigenvalue weighted by atomic mass is 35.5. The first kappa shape index (κ1) is 24.8. The van der Waals surface area contributed by atoms with Crippen molar-refractivity contribution in [3.05, 3.63) is 71.2 Å². The molecule has 4 aromatic heterocycles. The Balaban J connectivity index is 2.34. The molecule has 0 unspecified atom stereocenters. The molecule has 0 amide bonds. The van der Waals surface area contributed by atoms with Gasteiger partial charge in [-0.3, -0.25) is 0 Å². The smallest absolute Gasteiger partial charge is 0.225 e. The third-order valence-corrected chi connectivity index (χ3v) is 9.92. The van der Waals surface area contributed by atoms with E-state index in [4.69, 9.17) is 53.0 Å². The molecule has 0 saturated heterocycles. The average molecular weight is 594 g/mol. The summed E-state index contributed by atoms with van der Waals surface area (Å²) in [6.07, 6.45) is 0. The predicted octanol–water partition coefficient (Wildman–Crippen LogP) is 7.92. The number of nitriles is 3. The van der Waals surface area contributed by atoms with E-state index in [9.17, 15) is 15.8 Å². The second-order valence-corrected chi connectivity index (χ2v) is 13.0. The molecule has 0 N–H and O–H groups in total. The van der Waals surface area contributed by atoms with Crippen molar-refractivity contribution in [2.75, 3.05) is 0 Å². The van der Waals surface area contributed by atoms with E-state index < -0.39 is 0 Å². The van der Waals surface area contributed by atoms with Crippen molar-refractivity contribution < 1.29 is 0 Å². The van der Waals surface area contributed by atoms with Gasteiger partial charge in [-0.15, -0.1) is 45.3 Å². The molecule has 4 aromatic rings. The van der Waals surface area contributed by atoms with Crippen LogP contribution < -0.4 is 9.06 Å². The van der Waals surface area contributed by atoms with Crippen LogP contribution in [0.15, 0.2) is 24.3 Å². The first-order chi connectivity index (χ1) is 16.3. The highest BCUT2D eigenvalue weighted by Gasteiger charge is 2.18. The summed E-state index contributed by atoms with van der Waals surface area (Å²) in [5.74, 6) is 0. The molecule has 4 rings (SSSR count). The third-order valence-electron chi connectivity index (χ3n) is 4.49. The zero-order valence-corrected chi connectivity index (χ0v) is 22.5. The van der Waals surface area contributed by atoms with Gasteiger partial charge in [0, 0.05) is 26.8 Å². The summed E-state index contributed by atoms with van der Waals surface area (Å²) in [4.78, 5) is 3.34. The largest absolute Gasteiger partial charge is 0.278 e. The Labute approximate surface area is 228 Å². The van der Waals surface area contributed by atoms with E-state index in [1.54, 1.807) is 24.3 Å². The molecule has 12 heteroatoms. The van der Waals surface area contributed by atoms with Crippen LogP contribution in [0, 0.1) is 49.6 Å². The van der Waals surface area contributed by atoms with Gasteiger partial charge in [0.1, 0.15) is 26.4 Å². The Kier molecular flexibility index (Phi) is 7.36. The predicted molar refractivity (Wildman–Crippen MR) is 142 cm³/mol. The Morgan fingerprint density at radius 3 is 1.53 bits per heavy atom. The molecule has 0 saturated carbocycles. The summed E-state index contributed by atoms with van der Waals surface area (Å²) in [7, 11) is 0. The highest BCUT2D eigenvalue weighted by molar-refractivity contribution is 7.21. The summed E-state index contributed by atoms with van der Waals surface area (Å²) < 4.78 is 4.18. The van der Waals surface area contributed by atoms with Gasteiger partial charge in [0.25, 0.3) is 5.70 Å². The van der Waals surface area contributed by atoms with Crippen LogP contribution in [0.5, 0.6) is 0 Å². The molecule has 0 fully saturated rings. The molecule has 164 valence electrons. The number of nitrogens with zero attached hydrogens (tertiary/aromatic N) is 4. The van der Waals surface area contributed by atoms with Crippen LogP contribution in [0.2, 0.25) is 17.3 Å². The zero-order chi connectivity index (χ0) is 24.6. The van der Waals surface area contributed by atoms with E-state index in [1.165, 1.54) is 45.3 Å². The van der Waals surface area contributed by atoms with Gasteiger partial charge in [0.15, 0.2) is 0 Å². The molecule has 0 aliphatic heterocycles. The van der Waals surface area contributed by atoms with E-state index in [0.29, 0.717) is 57.7 Å². The molecular weight excluding hydrogens is 590 g/mol. The molecule has 0 aromatic carbocycles. The van der Waals surface area contributed by atoms with Crippen molar-refractivity contribution in [1.82, 2.24) is 0 Å². The number of rotatable bonds is 2. The van der Waals surface area contributed by atoms with Crippen LogP contribution in [0.3, 0.4) is 0 Å². The second-order valence-electron chi connectivity index (χ2n) is 6.35. The summed E-state index contributed by atoms with van der Waals surface area (Å²) in [6.45, 7) is 7.37. The molecule has 34 heavy (non-hydrogen) atoms. The maximum atomic E-state index is 9.45. The molecule has 0 aliphatic rings. The van der Waals surface area contributed by atoms with Crippen LogP contribution >= 0.6 is 91.8 Å². The number of hydrogen-bond acceptors (Lipinski definition) is 7. The van der Waals surface area contributed by atoms with Crippen molar-refractivity contribution in [3.63, 3.8) is 0 Å². The first-order valence-corrected chi connectivity index (χ1v) is 13.6. The summed E-state index contributed by atoms with van der Waals surface area (Å²) >= 11 is 30.2. The van der Waals surface area contributed by atoms with E-state index in [-0.39, 0.29) is 11.3 Å². The minimum Gasteiger partial charge on any atom is -0.225 e. The molecule has 0 bridgehead atoms. The van der Waals surface area contributed by atoms with E-state index in [1.807, 2.05) is 18.2 Å². The second kappa shape index (κ2) is 10.1. The van der Waals surface area contributed by atoms with Gasteiger partial charge in [0.05, 0.1) is 34.9 Å². The van der Waals surface area contributed by atoms with Crippen molar-refractivity contribution in [2.45, 2.75) is 0 Å². The molecule has 4 nitrogen and oxygen atoms in total. The Bertz CT molecular complexity index is 1700. The van der Waals surface area contributed by atoms with Gasteiger partial charge in [-0.2, -0.15) is 10.5 Å². The Morgan fingerprint density at radius 1 is 0.676 bits per heavy atom. The van der Waals surface area contributed by atoms with Crippen molar-refractivity contribution in [1.29, 1.82) is 15.8 Å². The van der Waals surface area contributed by atoms with Gasteiger partial charge in [-0.1, -0.05) is 46.4 Å². The van der Waals surface area contributed by atoms with Crippen LogP contribution in [-0.2, 0) is 0 Å². The van der Waals surface area contributed by atoms with Crippen LogP contribution in [0.25, 0.3) is 38.4 Å². The normalized spacial score (nSPS) is 12.4. The minimum atomic E-state index is -0.0637. The number of thiophene rings is 4. The summed E-state index contributed by atoms with van der Waals surface area (Å²) in [6, 6.07) is 12.7. The maximum Gasteiger partial charge on any atom is 0.278 e. The third kappa shape index (κ3) is 4.49. The highest BCUT2D eigenvalue weighted by Crippen LogP contribution is 2.42. The lowest BCUT2D eigenvalue weighted by Gasteiger charge is -1.97. The fourth-order valence-electron chi connectivity index (χ4n) is 3.08. The van der Waals surface area contributed by atoms with Gasteiger partial charge >= 0.3 is 0 Å². The Hall–Kier alpha value is -2.34. The van der Waals surface area contributed by atoms with Gasteiger partial charge < -0.3 is 0 Å². The number of hydrogen-bond donors (Lipinski definition) is 0. The molecule has 0 radical (unpaired) electrons. The number of halogens is 4. The molecule has 0 aliphatic carbocycles. The Morgan fingerprint density at radius 2 is 1.15 bits per heavy atom. The minimum absolute atomic E-state index is 0.0460. The van der Waals surface area contributed by atoms with E-state index in [0.717, 1.165) is 0 Å². The van der Waals surface area contributed by atoms with Gasteiger partial charge in [-0.25, -0.2) is 10.1 Å². The van der Waals surface area contributed by atoms with E-state index in [2.05, 4.69) is 4.85 Å². The summed E-state index contributed by atoms with van der Waals surface area (Å²) in [5.41, 5.74) is 2.53. The van der Waals surface area contributed by atoms with Crippen LogP contribution in [-0.4, -0.2) is 0 Å². The lowest BCUT2D eigenvalue weighted by atomic mass is 10.1. The van der Waals surface area contributed by atoms with E-state index >= 15 is 0 Å². The molecule has 0 spiro atoms. The SMILES string of the molecule is [C-]#[N+]/C(C#N)=c1\cc(-c2cc(Cl)sc2Cl)/c(=c2\sc(=C(C#N)C#N)cc2-c2cc(Cl)sc2Cl)s1. The average Bonchev–Trinajstić information content (AvgIpc) is 3.55. The fraction of sp³-hybridized carbons (Fsp3) is 0. The molecular formula is C22H4Cl4N4S4. The summed E-state index contributed by atoms with van der Waals surface area (Å²) in [5, 5.41) is 28.3. The first-order valence-electron chi connectivity index (χ1n) is 8.82. The lowest BCUT2D eigenvalue weighted by Crippen LogP contribution is -1.94. The lowest BCUT2D eigenvalue weighted by molar-refractivity contribution is 1.51. The topological polar surface area (TPSA) is 75.7 Å². The van der Waals surface area contributed by atoms with Gasteiger partial charge in [-0.05, 0) is 24.3 Å². The maximum absolute atomic E-state index is 9.45. The molecule has 4 heterocycles. The van der Waals surface area contributed by atoms with Crippen LogP contribution in [0.1, 0.15) is 0 Å². The zero-order valence-electron chi connectivity index (χ0n) is 16.2. The van der Waals surface area contributed by atoms with Gasteiger partial charge in [0.2, 0.25) is 0 Å². The van der Waals surface area contributed by atoms with Crippen molar-refractivity contribution in [3.8, 4) is 40.5 Å². The monoisotopic (exact) mass is 592 g/mol.